The minimum absolute atomic E-state index is 0.00625. The highest BCUT2D eigenvalue weighted by Gasteiger charge is 2.30. The van der Waals surface area contributed by atoms with Gasteiger partial charge in [0.2, 0.25) is 11.8 Å². The molecule has 5 nitrogen and oxygen atoms in total. The number of halogens is 1. The molecule has 0 spiro atoms. The normalized spacial score (nSPS) is 15.2. The van der Waals surface area contributed by atoms with Crippen LogP contribution in [0.2, 0.25) is 0 Å². The molecule has 0 bridgehead atoms. The van der Waals surface area contributed by atoms with E-state index in [0.29, 0.717) is 18.2 Å². The molecule has 1 atom stereocenters. The highest BCUT2D eigenvalue weighted by Crippen LogP contribution is 2.31. The third kappa shape index (κ3) is 5.23. The Labute approximate surface area is 136 Å². The Morgan fingerprint density at radius 1 is 1.26 bits per heavy atom. The lowest BCUT2D eigenvalue weighted by Crippen LogP contribution is -2.39. The summed E-state index contributed by atoms with van der Waals surface area (Å²) in [5.41, 5.74) is 0.728. The van der Waals surface area contributed by atoms with Crippen LogP contribution in [-0.2, 0) is 9.59 Å². The molecular formula is C17H24FN3O2. The number of amides is 2. The number of hydrogen-bond donors (Lipinski definition) is 3. The monoisotopic (exact) mass is 321 g/mol. The average molecular weight is 321 g/mol. The van der Waals surface area contributed by atoms with Gasteiger partial charge in [0, 0.05) is 18.2 Å². The summed E-state index contributed by atoms with van der Waals surface area (Å²) in [5.74, 6) is -0.371. The summed E-state index contributed by atoms with van der Waals surface area (Å²) in [7, 11) is 0. The molecule has 23 heavy (non-hydrogen) atoms. The third-order valence-corrected chi connectivity index (χ3v) is 3.63. The molecule has 1 fully saturated rings. The fraction of sp³-hybridized carbons (Fsp3) is 0.529. The van der Waals surface area contributed by atoms with E-state index in [1.165, 1.54) is 12.1 Å². The molecule has 1 aliphatic carbocycles. The lowest BCUT2D eigenvalue weighted by Gasteiger charge is -2.17. The number of benzene rings is 1. The van der Waals surface area contributed by atoms with E-state index in [1.54, 1.807) is 13.0 Å². The van der Waals surface area contributed by atoms with Crippen LogP contribution in [0.5, 0.6) is 0 Å². The molecule has 1 aromatic rings. The second-order valence-electron chi connectivity index (χ2n) is 6.46. The van der Waals surface area contributed by atoms with Crippen molar-refractivity contribution in [2.45, 2.75) is 39.7 Å². The Morgan fingerprint density at radius 2 is 1.96 bits per heavy atom. The van der Waals surface area contributed by atoms with Gasteiger partial charge >= 0.3 is 0 Å². The number of nitrogens with one attached hydrogen (secondary N) is 3. The second kappa shape index (κ2) is 7.44. The van der Waals surface area contributed by atoms with Crippen LogP contribution in [0.1, 0.15) is 33.6 Å². The van der Waals surface area contributed by atoms with Crippen LogP contribution < -0.4 is 16.0 Å². The van der Waals surface area contributed by atoms with E-state index < -0.39 is 11.9 Å². The van der Waals surface area contributed by atoms with Gasteiger partial charge in [-0.2, -0.15) is 0 Å². The smallest absolute Gasteiger partial charge is 0.242 e. The predicted octanol–water partition coefficient (Wildman–Crippen LogP) is 2.75. The number of rotatable bonds is 7. The van der Waals surface area contributed by atoms with Gasteiger partial charge in [-0.1, -0.05) is 13.8 Å². The van der Waals surface area contributed by atoms with Crippen molar-refractivity contribution in [3.63, 3.8) is 0 Å². The van der Waals surface area contributed by atoms with Crippen molar-refractivity contribution in [1.29, 1.82) is 0 Å². The van der Waals surface area contributed by atoms with Crippen molar-refractivity contribution >= 4 is 23.2 Å². The van der Waals surface area contributed by atoms with E-state index in [1.807, 2.05) is 13.8 Å². The molecule has 0 aliphatic heterocycles. The van der Waals surface area contributed by atoms with Gasteiger partial charge in [0.1, 0.15) is 11.9 Å². The van der Waals surface area contributed by atoms with Gasteiger partial charge in [-0.3, -0.25) is 9.59 Å². The summed E-state index contributed by atoms with van der Waals surface area (Å²) >= 11 is 0. The second-order valence-corrected chi connectivity index (χ2v) is 6.46. The Hall–Kier alpha value is -2.11. The predicted molar refractivity (Wildman–Crippen MR) is 88.7 cm³/mol. The molecule has 0 saturated heterocycles. The van der Waals surface area contributed by atoms with E-state index in [4.69, 9.17) is 0 Å². The molecule has 0 heterocycles. The molecule has 3 N–H and O–H groups in total. The highest BCUT2D eigenvalue weighted by molar-refractivity contribution is 5.94. The van der Waals surface area contributed by atoms with E-state index in [-0.39, 0.29) is 23.4 Å². The van der Waals surface area contributed by atoms with Crippen LogP contribution in [-0.4, -0.2) is 24.4 Å². The van der Waals surface area contributed by atoms with E-state index in [0.717, 1.165) is 12.8 Å². The van der Waals surface area contributed by atoms with Crippen LogP contribution in [0.3, 0.4) is 0 Å². The van der Waals surface area contributed by atoms with Crippen LogP contribution in [0, 0.1) is 17.7 Å². The molecule has 1 unspecified atom stereocenters. The van der Waals surface area contributed by atoms with E-state index >= 15 is 0 Å². The third-order valence-electron chi connectivity index (χ3n) is 3.63. The molecule has 2 rings (SSSR count). The minimum Gasteiger partial charge on any atom is -0.374 e. The van der Waals surface area contributed by atoms with E-state index in [2.05, 4.69) is 16.0 Å². The standard InChI is InChI=1S/C17H24FN3O2/c1-10(2)9-19-16(22)11(3)20-13-6-7-14(18)15(8-13)21-17(23)12-4-5-12/h6-8,10-12,20H,4-5,9H2,1-3H3,(H,19,22)(H,21,23). The van der Waals surface area contributed by atoms with Gasteiger partial charge in [-0.05, 0) is 43.9 Å². The van der Waals surface area contributed by atoms with Crippen LogP contribution in [0.25, 0.3) is 0 Å². The Morgan fingerprint density at radius 3 is 2.57 bits per heavy atom. The van der Waals surface area contributed by atoms with Gasteiger partial charge in [0.05, 0.1) is 5.69 Å². The molecule has 2 amide bonds. The summed E-state index contributed by atoms with van der Waals surface area (Å²) in [5, 5.41) is 8.46. The minimum atomic E-state index is -0.485. The maximum Gasteiger partial charge on any atom is 0.242 e. The Balaban J connectivity index is 1.96. The Bertz CT molecular complexity index is 585. The lowest BCUT2D eigenvalue weighted by molar-refractivity contribution is -0.121. The van der Waals surface area contributed by atoms with Crippen LogP contribution in [0.15, 0.2) is 18.2 Å². The zero-order valence-electron chi connectivity index (χ0n) is 13.8. The summed E-state index contributed by atoms with van der Waals surface area (Å²) in [6, 6.07) is 3.89. The van der Waals surface area contributed by atoms with Crippen LogP contribution in [0.4, 0.5) is 15.8 Å². The maximum absolute atomic E-state index is 13.8. The molecule has 0 radical (unpaired) electrons. The van der Waals surface area contributed by atoms with Crippen molar-refractivity contribution in [1.82, 2.24) is 5.32 Å². The number of hydrogen-bond acceptors (Lipinski definition) is 3. The lowest BCUT2D eigenvalue weighted by atomic mass is 10.2. The number of carbonyl (C=O) groups is 2. The quantitative estimate of drug-likeness (QED) is 0.723. The molecule has 6 heteroatoms. The molecule has 126 valence electrons. The van der Waals surface area contributed by atoms with Gasteiger partial charge in [-0.15, -0.1) is 0 Å². The number of carbonyl (C=O) groups excluding carboxylic acids is 2. The summed E-state index contributed by atoms with van der Waals surface area (Å²) in [6.07, 6.45) is 1.72. The topological polar surface area (TPSA) is 70.2 Å². The largest absolute Gasteiger partial charge is 0.374 e. The molecular weight excluding hydrogens is 297 g/mol. The van der Waals surface area contributed by atoms with Gasteiger partial charge in [0.25, 0.3) is 0 Å². The molecule has 1 aliphatic rings. The fourth-order valence-electron chi connectivity index (χ4n) is 2.06. The van der Waals surface area contributed by atoms with Crippen molar-refractivity contribution < 1.29 is 14.0 Å². The first-order valence-corrected chi connectivity index (χ1v) is 8.01. The SMILES string of the molecule is CC(C)CNC(=O)C(C)Nc1ccc(F)c(NC(=O)C2CC2)c1. The fourth-order valence-corrected chi connectivity index (χ4v) is 2.06. The average Bonchev–Trinajstić information content (AvgIpc) is 3.32. The first kappa shape index (κ1) is 17.2. The van der Waals surface area contributed by atoms with Gasteiger partial charge in [-0.25, -0.2) is 4.39 Å². The van der Waals surface area contributed by atoms with Gasteiger partial charge in [0.15, 0.2) is 0 Å². The van der Waals surface area contributed by atoms with Crippen molar-refractivity contribution in [2.75, 3.05) is 17.2 Å². The van der Waals surface area contributed by atoms with Crippen molar-refractivity contribution in [3.8, 4) is 0 Å². The van der Waals surface area contributed by atoms with Crippen molar-refractivity contribution in [2.24, 2.45) is 11.8 Å². The molecule has 0 aromatic heterocycles. The van der Waals surface area contributed by atoms with Crippen LogP contribution >= 0.6 is 0 Å². The zero-order chi connectivity index (χ0) is 17.0. The molecule has 1 aromatic carbocycles. The summed E-state index contributed by atoms with van der Waals surface area (Å²) in [4.78, 5) is 23.7. The highest BCUT2D eigenvalue weighted by atomic mass is 19.1. The maximum atomic E-state index is 13.8. The number of anilines is 2. The van der Waals surface area contributed by atoms with Gasteiger partial charge < -0.3 is 16.0 Å². The molecule has 1 saturated carbocycles. The van der Waals surface area contributed by atoms with Crippen molar-refractivity contribution in [3.05, 3.63) is 24.0 Å². The summed E-state index contributed by atoms with van der Waals surface area (Å²) < 4.78 is 13.8. The first-order valence-electron chi connectivity index (χ1n) is 8.01. The Kier molecular flexibility index (Phi) is 5.58. The zero-order valence-corrected chi connectivity index (χ0v) is 13.8. The summed E-state index contributed by atoms with van der Waals surface area (Å²) in [6.45, 7) is 6.39. The van der Waals surface area contributed by atoms with E-state index in [9.17, 15) is 14.0 Å². The first-order chi connectivity index (χ1) is 10.9.